The molecule has 1 aliphatic rings. The van der Waals surface area contributed by atoms with E-state index in [1.165, 1.54) is 0 Å². The third kappa shape index (κ3) is 2.86. The van der Waals surface area contributed by atoms with E-state index in [1.807, 2.05) is 0 Å². The second-order valence-corrected chi connectivity index (χ2v) is 5.41. The second-order valence-electron chi connectivity index (χ2n) is 4.54. The standard InChI is InChI=1S/C15H9Cl2NO3/c16-10-3-9(4-11(17)6-10)15(20)8-1-2-13-12(5-8)18-14(19)7-21-13/h1-6H,7H2,(H,18,19). The van der Waals surface area contributed by atoms with E-state index >= 15 is 0 Å². The molecule has 0 atom stereocenters. The highest BCUT2D eigenvalue weighted by molar-refractivity contribution is 6.35. The summed E-state index contributed by atoms with van der Waals surface area (Å²) in [5.74, 6) is 0.0511. The lowest BCUT2D eigenvalue weighted by molar-refractivity contribution is -0.118. The predicted octanol–water partition coefficient (Wildman–Crippen LogP) is 3.56. The summed E-state index contributed by atoms with van der Waals surface area (Å²) >= 11 is 11.8. The fourth-order valence-corrected chi connectivity index (χ4v) is 2.60. The number of fused-ring (bicyclic) bond motifs is 1. The van der Waals surface area contributed by atoms with Crippen LogP contribution >= 0.6 is 23.2 Å². The SMILES string of the molecule is O=C1COc2ccc(C(=O)c3cc(Cl)cc(Cl)c3)cc2N1. The third-order valence-electron chi connectivity index (χ3n) is 3.00. The number of hydrogen-bond acceptors (Lipinski definition) is 3. The lowest BCUT2D eigenvalue weighted by atomic mass is 10.0. The smallest absolute Gasteiger partial charge is 0.262 e. The highest BCUT2D eigenvalue weighted by Crippen LogP contribution is 2.30. The zero-order valence-electron chi connectivity index (χ0n) is 10.7. The third-order valence-corrected chi connectivity index (χ3v) is 3.44. The fourth-order valence-electron chi connectivity index (χ4n) is 2.08. The Morgan fingerprint density at radius 2 is 1.76 bits per heavy atom. The molecule has 1 amide bonds. The number of halogens is 2. The topological polar surface area (TPSA) is 55.4 Å². The van der Waals surface area contributed by atoms with Gasteiger partial charge in [-0.15, -0.1) is 0 Å². The summed E-state index contributed by atoms with van der Waals surface area (Å²) in [5, 5.41) is 3.44. The van der Waals surface area contributed by atoms with Crippen LogP contribution in [0.2, 0.25) is 10.0 Å². The van der Waals surface area contributed by atoms with Crippen molar-refractivity contribution in [2.24, 2.45) is 0 Å². The first-order chi connectivity index (χ1) is 10.0. The van der Waals surface area contributed by atoms with Crippen molar-refractivity contribution in [1.29, 1.82) is 0 Å². The van der Waals surface area contributed by atoms with Crippen molar-refractivity contribution in [1.82, 2.24) is 0 Å². The number of rotatable bonds is 2. The Kier molecular flexibility index (Phi) is 3.57. The van der Waals surface area contributed by atoms with Crippen LogP contribution in [0.1, 0.15) is 15.9 Å². The highest BCUT2D eigenvalue weighted by atomic mass is 35.5. The second kappa shape index (κ2) is 5.39. The van der Waals surface area contributed by atoms with Gasteiger partial charge in [-0.05, 0) is 36.4 Å². The van der Waals surface area contributed by atoms with Gasteiger partial charge >= 0.3 is 0 Å². The van der Waals surface area contributed by atoms with Crippen molar-refractivity contribution in [2.45, 2.75) is 0 Å². The number of amides is 1. The molecular formula is C15H9Cl2NO3. The highest BCUT2D eigenvalue weighted by Gasteiger charge is 2.18. The summed E-state index contributed by atoms with van der Waals surface area (Å²) in [4.78, 5) is 23.8. The van der Waals surface area contributed by atoms with Gasteiger partial charge in [0.2, 0.25) is 0 Å². The fraction of sp³-hybridized carbons (Fsp3) is 0.0667. The molecule has 106 valence electrons. The van der Waals surface area contributed by atoms with Crippen molar-refractivity contribution in [3.63, 3.8) is 0 Å². The Balaban J connectivity index is 1.98. The Bertz CT molecular complexity index is 738. The number of ether oxygens (including phenoxy) is 1. The minimum absolute atomic E-state index is 0.0236. The lowest BCUT2D eigenvalue weighted by Gasteiger charge is -2.18. The van der Waals surface area contributed by atoms with Crippen LogP contribution in [0.15, 0.2) is 36.4 Å². The Morgan fingerprint density at radius 1 is 1.05 bits per heavy atom. The zero-order chi connectivity index (χ0) is 15.0. The van der Waals surface area contributed by atoms with Crippen LogP contribution in [0, 0.1) is 0 Å². The Labute approximate surface area is 130 Å². The van der Waals surface area contributed by atoms with Crippen molar-refractivity contribution in [3.8, 4) is 5.75 Å². The normalized spacial score (nSPS) is 13.1. The van der Waals surface area contributed by atoms with Gasteiger partial charge in [-0.25, -0.2) is 0 Å². The molecule has 1 heterocycles. The first-order valence-electron chi connectivity index (χ1n) is 6.10. The van der Waals surface area contributed by atoms with E-state index in [2.05, 4.69) is 5.32 Å². The van der Waals surface area contributed by atoms with E-state index in [9.17, 15) is 9.59 Å². The van der Waals surface area contributed by atoms with Gasteiger partial charge in [-0.1, -0.05) is 23.2 Å². The summed E-state index contributed by atoms with van der Waals surface area (Å²) < 4.78 is 5.25. The van der Waals surface area contributed by atoms with E-state index in [0.29, 0.717) is 32.6 Å². The van der Waals surface area contributed by atoms with Crippen molar-refractivity contribution in [3.05, 3.63) is 57.6 Å². The average Bonchev–Trinajstić information content (AvgIpc) is 2.44. The molecule has 0 fully saturated rings. The molecule has 1 N–H and O–H groups in total. The van der Waals surface area contributed by atoms with Crippen LogP contribution in [0.25, 0.3) is 0 Å². The molecular weight excluding hydrogens is 313 g/mol. The number of carbonyl (C=O) groups is 2. The largest absolute Gasteiger partial charge is 0.482 e. The van der Waals surface area contributed by atoms with Crippen LogP contribution in [0.4, 0.5) is 5.69 Å². The number of ketones is 1. The van der Waals surface area contributed by atoms with Crippen LogP contribution in [0.3, 0.4) is 0 Å². The summed E-state index contributed by atoms with van der Waals surface area (Å²) in [7, 11) is 0. The molecule has 0 bridgehead atoms. The zero-order valence-corrected chi connectivity index (χ0v) is 12.2. The average molecular weight is 322 g/mol. The minimum Gasteiger partial charge on any atom is -0.482 e. The molecule has 0 aliphatic carbocycles. The molecule has 6 heteroatoms. The van der Waals surface area contributed by atoms with Gasteiger partial charge in [0.05, 0.1) is 5.69 Å². The first kappa shape index (κ1) is 13.9. The molecule has 1 aliphatic heterocycles. The number of carbonyl (C=O) groups excluding carboxylic acids is 2. The van der Waals surface area contributed by atoms with E-state index < -0.39 is 0 Å². The molecule has 0 spiro atoms. The van der Waals surface area contributed by atoms with E-state index in [1.54, 1.807) is 36.4 Å². The molecule has 0 saturated carbocycles. The Hall–Kier alpha value is -2.04. The summed E-state index contributed by atoms with van der Waals surface area (Å²) in [6, 6.07) is 9.50. The van der Waals surface area contributed by atoms with Crippen molar-refractivity contribution < 1.29 is 14.3 Å². The molecule has 4 nitrogen and oxygen atoms in total. The molecule has 2 aromatic carbocycles. The van der Waals surface area contributed by atoms with Crippen LogP contribution < -0.4 is 10.1 Å². The van der Waals surface area contributed by atoms with Crippen molar-refractivity contribution >= 4 is 40.6 Å². The summed E-state index contributed by atoms with van der Waals surface area (Å²) in [6.45, 7) is -0.0236. The molecule has 0 saturated heterocycles. The number of benzene rings is 2. The maximum Gasteiger partial charge on any atom is 0.262 e. The van der Waals surface area contributed by atoms with Gasteiger partial charge < -0.3 is 10.1 Å². The van der Waals surface area contributed by atoms with Gasteiger partial charge in [0.15, 0.2) is 12.4 Å². The van der Waals surface area contributed by atoms with Gasteiger partial charge in [0, 0.05) is 21.2 Å². The van der Waals surface area contributed by atoms with E-state index in [-0.39, 0.29) is 18.3 Å². The first-order valence-corrected chi connectivity index (χ1v) is 6.86. The molecule has 0 radical (unpaired) electrons. The maximum atomic E-state index is 12.4. The maximum absolute atomic E-state index is 12.4. The molecule has 2 aromatic rings. The quantitative estimate of drug-likeness (QED) is 0.860. The van der Waals surface area contributed by atoms with Crippen LogP contribution in [0.5, 0.6) is 5.75 Å². The van der Waals surface area contributed by atoms with Crippen LogP contribution in [-0.2, 0) is 4.79 Å². The van der Waals surface area contributed by atoms with Crippen molar-refractivity contribution in [2.75, 3.05) is 11.9 Å². The molecule has 0 unspecified atom stereocenters. The number of nitrogens with one attached hydrogen (secondary N) is 1. The summed E-state index contributed by atoms with van der Waals surface area (Å²) in [5.41, 5.74) is 1.28. The van der Waals surface area contributed by atoms with Gasteiger partial charge in [-0.2, -0.15) is 0 Å². The Morgan fingerprint density at radius 3 is 2.48 bits per heavy atom. The monoisotopic (exact) mass is 321 g/mol. The molecule has 3 rings (SSSR count). The number of hydrogen-bond donors (Lipinski definition) is 1. The van der Waals surface area contributed by atoms with E-state index in [4.69, 9.17) is 27.9 Å². The summed E-state index contributed by atoms with van der Waals surface area (Å²) in [6.07, 6.45) is 0. The van der Waals surface area contributed by atoms with Crippen LogP contribution in [-0.4, -0.2) is 18.3 Å². The predicted molar refractivity (Wildman–Crippen MR) is 80.5 cm³/mol. The molecule has 21 heavy (non-hydrogen) atoms. The molecule has 0 aromatic heterocycles. The van der Waals surface area contributed by atoms with E-state index in [0.717, 1.165) is 0 Å². The van der Waals surface area contributed by atoms with Gasteiger partial charge in [-0.3, -0.25) is 9.59 Å². The van der Waals surface area contributed by atoms with Gasteiger partial charge in [0.1, 0.15) is 5.75 Å². The number of anilines is 1. The van der Waals surface area contributed by atoms with Gasteiger partial charge in [0.25, 0.3) is 5.91 Å². The minimum atomic E-state index is -0.252. The lowest BCUT2D eigenvalue weighted by Crippen LogP contribution is -2.25.